The van der Waals surface area contributed by atoms with E-state index in [0.29, 0.717) is 13.2 Å². The number of hydrogen-bond acceptors (Lipinski definition) is 8. The van der Waals surface area contributed by atoms with Crippen molar-refractivity contribution in [3.63, 3.8) is 0 Å². The minimum Gasteiger partial charge on any atom is -0.387 e. The van der Waals surface area contributed by atoms with Crippen molar-refractivity contribution in [1.82, 2.24) is 0 Å². The van der Waals surface area contributed by atoms with E-state index in [-0.39, 0.29) is 48.5 Å². The fraction of sp³-hybridized carbons (Fsp3) is 0.586. The van der Waals surface area contributed by atoms with E-state index in [2.05, 4.69) is 6.92 Å². The van der Waals surface area contributed by atoms with Crippen LogP contribution in [0, 0.1) is 11.8 Å². The van der Waals surface area contributed by atoms with Crippen LogP contribution < -0.4 is 0 Å². The van der Waals surface area contributed by atoms with Crippen molar-refractivity contribution < 1.29 is 38.3 Å². The van der Waals surface area contributed by atoms with Crippen LogP contribution in [-0.2, 0) is 33.2 Å². The second-order valence-electron chi connectivity index (χ2n) is 10.6. The van der Waals surface area contributed by atoms with E-state index >= 15 is 0 Å². The third kappa shape index (κ3) is 4.97. The monoisotopic (exact) mass is 512 g/mol. The van der Waals surface area contributed by atoms with Gasteiger partial charge in [-0.25, -0.2) is 0 Å². The Bertz CT molecular complexity index is 1020. The first-order chi connectivity index (χ1) is 18.0. The Hall–Kier alpha value is -1.88. The van der Waals surface area contributed by atoms with Crippen LogP contribution in [0.15, 0.2) is 60.7 Å². The number of fused-ring (bicyclic) bond motifs is 2. The van der Waals surface area contributed by atoms with Gasteiger partial charge in [0.1, 0.15) is 24.4 Å². The Balaban J connectivity index is 1.17. The summed E-state index contributed by atoms with van der Waals surface area (Å²) in [5.41, 5.74) is 1.89. The molecule has 0 bridgehead atoms. The Kier molecular flexibility index (Phi) is 7.35. The summed E-state index contributed by atoms with van der Waals surface area (Å²) in [4.78, 5) is 0. The quantitative estimate of drug-likeness (QED) is 0.663. The van der Waals surface area contributed by atoms with Crippen molar-refractivity contribution in [2.45, 2.75) is 82.4 Å². The Labute approximate surface area is 217 Å². The predicted octanol–water partition coefficient (Wildman–Crippen LogP) is 3.75. The first kappa shape index (κ1) is 25.4. The second-order valence-corrected chi connectivity index (χ2v) is 10.6. The molecule has 4 aliphatic heterocycles. The van der Waals surface area contributed by atoms with Crippen LogP contribution in [0.25, 0.3) is 0 Å². The third-order valence-corrected chi connectivity index (χ3v) is 8.17. The summed E-state index contributed by atoms with van der Waals surface area (Å²) in [7, 11) is 0. The molecule has 0 spiro atoms. The molecule has 0 aliphatic carbocycles. The molecule has 12 atom stereocenters. The van der Waals surface area contributed by atoms with Crippen molar-refractivity contribution >= 4 is 0 Å². The van der Waals surface area contributed by atoms with E-state index in [0.717, 1.165) is 11.1 Å². The number of benzene rings is 2. The van der Waals surface area contributed by atoms with Crippen molar-refractivity contribution in [3.8, 4) is 0 Å². The smallest absolute Gasteiger partial charge is 0.184 e. The molecule has 4 saturated heterocycles. The van der Waals surface area contributed by atoms with Crippen LogP contribution >= 0.6 is 0 Å². The van der Waals surface area contributed by atoms with Gasteiger partial charge < -0.3 is 38.3 Å². The fourth-order valence-corrected chi connectivity index (χ4v) is 5.78. The van der Waals surface area contributed by atoms with Gasteiger partial charge in [-0.2, -0.15) is 0 Å². The lowest BCUT2D eigenvalue weighted by molar-refractivity contribution is -0.382. The average molecular weight is 513 g/mol. The van der Waals surface area contributed by atoms with Crippen LogP contribution in [0.4, 0.5) is 0 Å². The predicted molar refractivity (Wildman–Crippen MR) is 132 cm³/mol. The Morgan fingerprint density at radius 3 is 1.81 bits per heavy atom. The summed E-state index contributed by atoms with van der Waals surface area (Å²) >= 11 is 0. The molecule has 0 saturated carbocycles. The second kappa shape index (κ2) is 10.7. The fourth-order valence-electron chi connectivity index (χ4n) is 5.78. The van der Waals surface area contributed by atoms with Gasteiger partial charge >= 0.3 is 0 Å². The van der Waals surface area contributed by atoms with E-state index in [1.165, 1.54) is 0 Å². The molecule has 200 valence electrons. The summed E-state index contributed by atoms with van der Waals surface area (Å²) in [6.45, 7) is 6.85. The van der Waals surface area contributed by atoms with E-state index in [1.54, 1.807) is 0 Å². The van der Waals surface area contributed by atoms with Gasteiger partial charge in [-0.1, -0.05) is 74.5 Å². The maximum absolute atomic E-state index is 11.3. The molecule has 4 heterocycles. The molecular weight excluding hydrogens is 476 g/mol. The van der Waals surface area contributed by atoms with Gasteiger partial charge in [0.25, 0.3) is 0 Å². The molecule has 6 rings (SSSR count). The molecule has 8 nitrogen and oxygen atoms in total. The number of aliphatic hydroxyl groups excluding tert-OH is 1. The molecule has 2 aromatic carbocycles. The molecule has 6 unspecified atom stereocenters. The molecule has 4 aliphatic rings. The minimum atomic E-state index is -0.871. The summed E-state index contributed by atoms with van der Waals surface area (Å²) in [5.74, 6) is -0.198. The average Bonchev–Trinajstić information content (AvgIpc) is 2.94. The van der Waals surface area contributed by atoms with Gasteiger partial charge in [0.2, 0.25) is 0 Å². The van der Waals surface area contributed by atoms with E-state index in [9.17, 15) is 5.11 Å². The number of aliphatic hydroxyl groups is 1. The molecule has 0 amide bonds. The van der Waals surface area contributed by atoms with E-state index < -0.39 is 25.0 Å². The number of ether oxygens (including phenoxy) is 7. The highest BCUT2D eigenvalue weighted by atomic mass is 16.8. The van der Waals surface area contributed by atoms with E-state index in [4.69, 9.17) is 33.2 Å². The first-order valence-corrected chi connectivity index (χ1v) is 13.3. The minimum absolute atomic E-state index is 0.0147. The maximum atomic E-state index is 11.3. The molecule has 2 aromatic rings. The van der Waals surface area contributed by atoms with Gasteiger partial charge in [-0.05, 0) is 6.92 Å². The normalized spacial score (nSPS) is 44.0. The highest BCUT2D eigenvalue weighted by Crippen LogP contribution is 2.41. The largest absolute Gasteiger partial charge is 0.387 e. The topological polar surface area (TPSA) is 84.8 Å². The van der Waals surface area contributed by atoms with Crippen molar-refractivity contribution in [2.75, 3.05) is 13.2 Å². The Morgan fingerprint density at radius 2 is 1.22 bits per heavy atom. The lowest BCUT2D eigenvalue weighted by Gasteiger charge is -2.51. The maximum Gasteiger partial charge on any atom is 0.184 e. The van der Waals surface area contributed by atoms with Crippen LogP contribution in [0.2, 0.25) is 0 Å². The summed E-state index contributed by atoms with van der Waals surface area (Å²) in [6, 6.07) is 19.7. The highest BCUT2D eigenvalue weighted by Gasteiger charge is 2.52. The molecular formula is C29H36O8. The molecule has 8 heteroatoms. The van der Waals surface area contributed by atoms with Crippen molar-refractivity contribution in [2.24, 2.45) is 11.8 Å². The van der Waals surface area contributed by atoms with Crippen molar-refractivity contribution in [1.29, 1.82) is 0 Å². The zero-order valence-corrected chi connectivity index (χ0v) is 21.4. The first-order valence-electron chi connectivity index (χ1n) is 13.3. The standard InChI is InChI=1S/C29H36O8/c1-16-18(3)33-22-15-32-28(20-12-8-5-9-13-20)37-26(22)25(16)36-29-23(30)17(2)24-21(34-29)14-31-27(35-24)19-10-6-4-7-11-19/h4-13,16-18,21-30H,14-15H2,1-3H3/t16?,17-,18+,21?,22?,23?,24+,25-,26-,27?,28?,29+/m1/s1. The Morgan fingerprint density at radius 1 is 0.676 bits per heavy atom. The summed E-state index contributed by atoms with van der Waals surface area (Å²) in [6.07, 6.45) is -4.41. The molecule has 0 radical (unpaired) electrons. The molecule has 4 fully saturated rings. The summed E-state index contributed by atoms with van der Waals surface area (Å²) < 4.78 is 43.7. The third-order valence-electron chi connectivity index (χ3n) is 8.17. The van der Waals surface area contributed by atoms with E-state index in [1.807, 2.05) is 74.5 Å². The lowest BCUT2D eigenvalue weighted by atomic mass is 9.87. The number of hydrogen-bond donors (Lipinski definition) is 1. The van der Waals surface area contributed by atoms with Crippen LogP contribution in [0.5, 0.6) is 0 Å². The van der Waals surface area contributed by atoms with Gasteiger partial charge in [0.15, 0.2) is 18.9 Å². The van der Waals surface area contributed by atoms with Gasteiger partial charge in [0, 0.05) is 23.0 Å². The van der Waals surface area contributed by atoms with Crippen molar-refractivity contribution in [3.05, 3.63) is 71.8 Å². The summed E-state index contributed by atoms with van der Waals surface area (Å²) in [5, 5.41) is 11.3. The highest BCUT2D eigenvalue weighted by molar-refractivity contribution is 5.17. The number of rotatable bonds is 4. The molecule has 0 aromatic heterocycles. The van der Waals surface area contributed by atoms with Gasteiger partial charge in [-0.3, -0.25) is 0 Å². The SMILES string of the molecule is CC1[C@H](C)OC2COC(c3ccccc3)O[C@H]2[C@@H]1O[C@@H]1OC2COC(c3ccccc3)O[C@H]2[C@H](C)C1O. The van der Waals surface area contributed by atoms with Crippen LogP contribution in [-0.4, -0.2) is 67.3 Å². The van der Waals surface area contributed by atoms with Crippen LogP contribution in [0.3, 0.4) is 0 Å². The van der Waals surface area contributed by atoms with Gasteiger partial charge in [-0.15, -0.1) is 0 Å². The van der Waals surface area contributed by atoms with Gasteiger partial charge in [0.05, 0.1) is 31.5 Å². The van der Waals surface area contributed by atoms with Crippen LogP contribution in [0.1, 0.15) is 44.5 Å². The lowest BCUT2D eigenvalue weighted by Crippen LogP contribution is -2.63. The zero-order chi connectivity index (χ0) is 25.5. The molecule has 1 N–H and O–H groups in total. The zero-order valence-electron chi connectivity index (χ0n) is 21.4. The molecule has 37 heavy (non-hydrogen) atoms.